The molecule has 2 N–H and O–H groups in total. The van der Waals surface area contributed by atoms with Gasteiger partial charge in [-0.1, -0.05) is 0 Å². The quantitative estimate of drug-likeness (QED) is 0.494. The third kappa shape index (κ3) is 1.29. The van der Waals surface area contributed by atoms with E-state index in [0.29, 0.717) is 6.04 Å². The highest BCUT2D eigenvalue weighted by molar-refractivity contribution is 5.71. The Balaban J connectivity index is 2.24. The van der Waals surface area contributed by atoms with Crippen LogP contribution in [-0.2, 0) is 4.79 Å². The van der Waals surface area contributed by atoms with Gasteiger partial charge in [0.1, 0.15) is 5.92 Å². The summed E-state index contributed by atoms with van der Waals surface area (Å²) in [5, 5.41) is 6.80. The van der Waals surface area contributed by atoms with Crippen LogP contribution in [0.2, 0.25) is 0 Å². The van der Waals surface area contributed by atoms with Crippen LogP contribution in [0.25, 0.3) is 0 Å². The number of rotatable bonds is 2. The Hall–Kier alpha value is -0.570. The molecular weight excluding hydrogens is 130 g/mol. The third-order valence-electron chi connectivity index (χ3n) is 2.01. The zero-order chi connectivity index (χ0) is 7.72. The molecule has 58 valence electrons. The summed E-state index contributed by atoms with van der Waals surface area (Å²) < 4.78 is 0. The van der Waals surface area contributed by atoms with Gasteiger partial charge in [-0.05, 0) is 13.8 Å². The van der Waals surface area contributed by atoms with Crippen LogP contribution in [-0.4, -0.2) is 35.1 Å². The molecule has 0 amide bonds. The van der Waals surface area contributed by atoms with E-state index in [1.54, 1.807) is 0 Å². The zero-order valence-corrected chi connectivity index (χ0v) is 6.42. The minimum Gasteiger partial charge on any atom is -0.564 e. The van der Waals surface area contributed by atoms with Crippen LogP contribution in [0.4, 0.5) is 0 Å². The van der Waals surface area contributed by atoms with Crippen molar-refractivity contribution in [2.75, 3.05) is 13.1 Å². The van der Waals surface area contributed by atoms with Crippen LogP contribution in [0.5, 0.6) is 0 Å². The number of likely N-dealkylation sites (tertiary alicyclic amines) is 1. The van der Waals surface area contributed by atoms with Crippen molar-refractivity contribution in [3.8, 4) is 0 Å². The lowest BCUT2D eigenvalue weighted by Crippen LogP contribution is -2.53. The molecular formula is C7H14NO2+. The van der Waals surface area contributed by atoms with Crippen molar-refractivity contribution in [1.29, 1.82) is 0 Å². The average Bonchev–Trinajstić information content (AvgIpc) is 1.56. The molecule has 1 fully saturated rings. The molecule has 0 bridgehead atoms. The summed E-state index contributed by atoms with van der Waals surface area (Å²) in [4.78, 5) is 12.6. The molecule has 0 aliphatic carbocycles. The van der Waals surface area contributed by atoms with Crippen molar-refractivity contribution in [1.82, 2.24) is 4.90 Å². The lowest BCUT2D eigenvalue weighted by Gasteiger charge is -2.37. The van der Waals surface area contributed by atoms with Gasteiger partial charge in [-0.25, -0.2) is 0 Å². The molecule has 1 rings (SSSR count). The Kier molecular flexibility index (Phi) is 1.94. The van der Waals surface area contributed by atoms with Gasteiger partial charge in [0.25, 0.3) is 0 Å². The molecule has 0 atom stereocenters. The maximum Gasteiger partial charge on any atom is 0.521 e. The van der Waals surface area contributed by atoms with Crippen LogP contribution in [0.1, 0.15) is 13.8 Å². The third-order valence-corrected chi connectivity index (χ3v) is 2.01. The molecule has 0 radical (unpaired) electrons. The van der Waals surface area contributed by atoms with Gasteiger partial charge in [-0.3, -0.25) is 4.90 Å². The first-order chi connectivity index (χ1) is 4.61. The second-order valence-electron chi connectivity index (χ2n) is 3.11. The smallest absolute Gasteiger partial charge is 0.521 e. The minimum absolute atomic E-state index is 0.00222. The first-order valence-corrected chi connectivity index (χ1v) is 3.60. The molecule has 10 heavy (non-hydrogen) atoms. The molecule has 3 nitrogen and oxygen atoms in total. The van der Waals surface area contributed by atoms with Crippen LogP contribution in [0.15, 0.2) is 0 Å². The SMILES string of the molecule is CC(C)N1CC(C(=O)[OH2+])C1. The maximum absolute atomic E-state index is 10.4. The summed E-state index contributed by atoms with van der Waals surface area (Å²) in [6, 6.07) is 0.524. The fourth-order valence-corrected chi connectivity index (χ4v) is 1.10. The van der Waals surface area contributed by atoms with Crippen molar-refractivity contribution in [3.63, 3.8) is 0 Å². The first-order valence-electron chi connectivity index (χ1n) is 3.60. The Morgan fingerprint density at radius 1 is 1.60 bits per heavy atom. The van der Waals surface area contributed by atoms with E-state index in [1.165, 1.54) is 0 Å². The minimum atomic E-state index is -0.406. The predicted octanol–water partition coefficient (Wildman–Crippen LogP) is -0.422. The van der Waals surface area contributed by atoms with Gasteiger partial charge >= 0.3 is 5.97 Å². The molecule has 1 aliphatic rings. The molecule has 0 aromatic carbocycles. The highest BCUT2D eigenvalue weighted by Crippen LogP contribution is 2.17. The number of nitrogens with zero attached hydrogens (tertiary/aromatic N) is 1. The normalized spacial score (nSPS) is 21.1. The molecule has 0 unspecified atom stereocenters. The summed E-state index contributed by atoms with van der Waals surface area (Å²) in [5.74, 6) is -0.403. The summed E-state index contributed by atoms with van der Waals surface area (Å²) in [7, 11) is 0. The van der Waals surface area contributed by atoms with E-state index >= 15 is 0 Å². The highest BCUT2D eigenvalue weighted by atomic mass is 16.4. The van der Waals surface area contributed by atoms with Gasteiger partial charge in [-0.2, -0.15) is 0 Å². The fourth-order valence-electron chi connectivity index (χ4n) is 1.10. The van der Waals surface area contributed by atoms with E-state index in [0.717, 1.165) is 13.1 Å². The van der Waals surface area contributed by atoms with Gasteiger partial charge in [0.15, 0.2) is 0 Å². The molecule has 0 spiro atoms. The second kappa shape index (κ2) is 2.58. The fraction of sp³-hybridized carbons (Fsp3) is 0.857. The number of carbonyl (C=O) groups is 1. The summed E-state index contributed by atoms with van der Waals surface area (Å²) >= 11 is 0. The Morgan fingerprint density at radius 3 is 2.40 bits per heavy atom. The molecule has 0 aromatic rings. The van der Waals surface area contributed by atoms with E-state index in [-0.39, 0.29) is 5.92 Å². The van der Waals surface area contributed by atoms with Gasteiger partial charge in [0, 0.05) is 23.9 Å². The Bertz CT molecular complexity index is 139. The van der Waals surface area contributed by atoms with E-state index in [2.05, 4.69) is 18.7 Å². The van der Waals surface area contributed by atoms with Gasteiger partial charge in [-0.15, -0.1) is 0 Å². The van der Waals surface area contributed by atoms with Crippen LogP contribution in [0, 0.1) is 5.92 Å². The second-order valence-corrected chi connectivity index (χ2v) is 3.11. The monoisotopic (exact) mass is 144 g/mol. The van der Waals surface area contributed by atoms with Crippen molar-refractivity contribution >= 4 is 5.97 Å². The summed E-state index contributed by atoms with van der Waals surface area (Å²) in [6.45, 7) is 5.79. The largest absolute Gasteiger partial charge is 0.564 e. The molecule has 1 saturated heterocycles. The standard InChI is InChI=1S/C7H13NO2/c1-5(2)8-3-6(4-8)7(9)10/h5-6H,3-4H2,1-2H3,(H,9,10)/p+1. The van der Waals surface area contributed by atoms with Crippen molar-refractivity contribution in [2.24, 2.45) is 5.92 Å². The molecule has 1 heterocycles. The first kappa shape index (κ1) is 7.54. The predicted molar refractivity (Wildman–Crippen MR) is 38.8 cm³/mol. The zero-order valence-electron chi connectivity index (χ0n) is 6.42. The summed E-state index contributed by atoms with van der Waals surface area (Å²) in [6.07, 6.45) is 0. The van der Waals surface area contributed by atoms with Crippen LogP contribution < -0.4 is 0 Å². The lowest BCUT2D eigenvalue weighted by atomic mass is 9.99. The molecule has 0 saturated carbocycles. The lowest BCUT2D eigenvalue weighted by molar-refractivity contribution is -0.148. The number of hydrogen-bond donors (Lipinski definition) is 0. The highest BCUT2D eigenvalue weighted by Gasteiger charge is 2.38. The topological polar surface area (TPSA) is 43.2 Å². The molecule has 0 aromatic heterocycles. The molecule has 3 heteroatoms. The van der Waals surface area contributed by atoms with E-state index in [1.807, 2.05) is 0 Å². The van der Waals surface area contributed by atoms with Gasteiger partial charge in [0.2, 0.25) is 0 Å². The van der Waals surface area contributed by atoms with Gasteiger partial charge < -0.3 is 5.11 Å². The average molecular weight is 144 g/mol. The Labute approximate surface area is 60.6 Å². The van der Waals surface area contributed by atoms with E-state index in [9.17, 15) is 4.79 Å². The van der Waals surface area contributed by atoms with Gasteiger partial charge in [0.05, 0.1) is 0 Å². The number of carbonyl (C=O) groups excluding carboxylic acids is 1. The Morgan fingerprint density at radius 2 is 2.10 bits per heavy atom. The van der Waals surface area contributed by atoms with Crippen LogP contribution >= 0.6 is 0 Å². The number of hydrogen-bond acceptors (Lipinski definition) is 2. The van der Waals surface area contributed by atoms with Crippen molar-refractivity contribution < 1.29 is 9.90 Å². The van der Waals surface area contributed by atoms with Crippen molar-refractivity contribution in [3.05, 3.63) is 0 Å². The summed E-state index contributed by atoms with van der Waals surface area (Å²) in [5.41, 5.74) is 0. The maximum atomic E-state index is 10.4. The van der Waals surface area contributed by atoms with Crippen molar-refractivity contribution in [2.45, 2.75) is 19.9 Å². The molecule has 1 aliphatic heterocycles. The van der Waals surface area contributed by atoms with E-state index in [4.69, 9.17) is 5.11 Å². The van der Waals surface area contributed by atoms with E-state index < -0.39 is 5.97 Å². The van der Waals surface area contributed by atoms with Crippen LogP contribution in [0.3, 0.4) is 0 Å².